The fraction of sp³-hybridized carbons (Fsp3) is 0. The molecule has 1 aromatic rings. The first-order valence-corrected chi connectivity index (χ1v) is 4.60. The smallest absolute Gasteiger partial charge is 0.273 e. The van der Waals surface area contributed by atoms with E-state index >= 15 is 0 Å². The Bertz CT molecular complexity index is 484. The minimum atomic E-state index is -3.80. The topological polar surface area (TPSA) is 70.5 Å². The van der Waals surface area contributed by atoms with Crippen molar-refractivity contribution in [2.45, 2.75) is 4.90 Å². The molecule has 1 aliphatic rings. The number of benzene rings is 1. The predicted molar refractivity (Wildman–Crippen MR) is 39.3 cm³/mol. The highest BCUT2D eigenvalue weighted by Crippen LogP contribution is 2.49. The van der Waals surface area contributed by atoms with E-state index < -0.39 is 9.84 Å². The highest BCUT2D eigenvalue weighted by Gasteiger charge is 2.31. The lowest BCUT2D eigenvalue weighted by Gasteiger charge is -1.87. The Morgan fingerprint density at radius 2 is 2.17 bits per heavy atom. The molecule has 0 aliphatic carbocycles. The fourth-order valence-electron chi connectivity index (χ4n) is 0.925. The normalized spacial score (nSPS) is 12.6. The first-order valence-electron chi connectivity index (χ1n) is 3.12. The molecule has 1 aromatic carbocycles. The summed E-state index contributed by atoms with van der Waals surface area (Å²) in [5.74, 6) is 0.838. The standard InChI is InChI=1S/C7H3NO3S/c8-4-12(9,10)6-3-1-2-5-7(6)11-5/h1-3H. The molecular formula is C7H3NO3S. The number of thiocyanates is 1. The van der Waals surface area contributed by atoms with Crippen molar-refractivity contribution in [3.63, 3.8) is 0 Å². The first-order chi connectivity index (χ1) is 5.65. The number of hydrogen-bond acceptors (Lipinski definition) is 4. The first kappa shape index (κ1) is 7.13. The molecule has 0 aromatic heterocycles. The van der Waals surface area contributed by atoms with Crippen LogP contribution in [0, 0.1) is 10.7 Å². The molecule has 0 unspecified atom stereocenters. The van der Waals surface area contributed by atoms with Crippen LogP contribution >= 0.6 is 0 Å². The number of nitriles is 1. The number of rotatable bonds is 1. The summed E-state index contributed by atoms with van der Waals surface area (Å²) in [4.78, 5) is -0.0394. The number of sulfone groups is 1. The van der Waals surface area contributed by atoms with Gasteiger partial charge < -0.3 is 4.74 Å². The summed E-state index contributed by atoms with van der Waals surface area (Å²) in [6, 6.07) is 4.53. The summed E-state index contributed by atoms with van der Waals surface area (Å²) in [6.07, 6.45) is 0. The summed E-state index contributed by atoms with van der Waals surface area (Å²) in [5, 5.41) is 9.53. The lowest BCUT2D eigenvalue weighted by atomic mass is 10.4. The summed E-state index contributed by atoms with van der Waals surface area (Å²) in [7, 11) is -3.80. The van der Waals surface area contributed by atoms with Gasteiger partial charge in [-0.05, 0) is 12.1 Å². The Labute approximate surface area is 68.9 Å². The molecular weight excluding hydrogens is 178 g/mol. The van der Waals surface area contributed by atoms with E-state index in [1.165, 1.54) is 17.5 Å². The van der Waals surface area contributed by atoms with Crippen molar-refractivity contribution in [3.05, 3.63) is 18.2 Å². The van der Waals surface area contributed by atoms with Crippen LogP contribution in [0.25, 0.3) is 0 Å². The van der Waals surface area contributed by atoms with Gasteiger partial charge >= 0.3 is 0 Å². The average molecular weight is 181 g/mol. The molecule has 0 N–H and O–H groups in total. The molecule has 1 heterocycles. The Kier molecular flexibility index (Phi) is 1.18. The van der Waals surface area contributed by atoms with Gasteiger partial charge in [-0.3, -0.25) is 0 Å². The third-order valence-corrected chi connectivity index (χ3v) is 2.66. The van der Waals surface area contributed by atoms with Gasteiger partial charge in [0.2, 0.25) is 0 Å². The summed E-state index contributed by atoms with van der Waals surface area (Å²) in [6.45, 7) is 0. The zero-order valence-electron chi connectivity index (χ0n) is 5.81. The fourth-order valence-corrected chi connectivity index (χ4v) is 1.67. The molecule has 0 atom stereocenters. The maximum Gasteiger partial charge on any atom is 0.273 e. The molecule has 1 aliphatic heterocycles. The van der Waals surface area contributed by atoms with E-state index in [2.05, 4.69) is 0 Å². The van der Waals surface area contributed by atoms with Gasteiger partial charge in [-0.25, -0.2) is 8.42 Å². The Morgan fingerprint density at radius 3 is 2.83 bits per heavy atom. The van der Waals surface area contributed by atoms with Crippen molar-refractivity contribution < 1.29 is 13.2 Å². The van der Waals surface area contributed by atoms with Crippen LogP contribution in [0.15, 0.2) is 23.1 Å². The second-order valence-electron chi connectivity index (χ2n) is 2.28. The van der Waals surface area contributed by atoms with Gasteiger partial charge in [0.15, 0.2) is 16.9 Å². The van der Waals surface area contributed by atoms with E-state index in [4.69, 9.17) is 10.00 Å². The van der Waals surface area contributed by atoms with Crippen LogP contribution in [0.1, 0.15) is 0 Å². The predicted octanol–water partition coefficient (Wildman–Crippen LogP) is 1.05. The number of nitrogens with zero attached hydrogens (tertiary/aromatic N) is 1. The van der Waals surface area contributed by atoms with Crippen molar-refractivity contribution in [2.75, 3.05) is 0 Å². The van der Waals surface area contributed by atoms with E-state index in [9.17, 15) is 8.42 Å². The quantitative estimate of drug-likeness (QED) is 0.374. The molecule has 4 nitrogen and oxygen atoms in total. The highest BCUT2D eigenvalue weighted by molar-refractivity contribution is 7.96. The molecule has 0 radical (unpaired) electrons. The Balaban J connectivity index is 2.68. The van der Waals surface area contributed by atoms with Gasteiger partial charge in [-0.15, -0.1) is 0 Å². The van der Waals surface area contributed by atoms with Crippen LogP contribution in [-0.4, -0.2) is 8.42 Å². The molecule has 2 rings (SSSR count). The third kappa shape index (κ3) is 0.855. The van der Waals surface area contributed by atoms with Gasteiger partial charge in [0.25, 0.3) is 9.84 Å². The summed E-state index contributed by atoms with van der Waals surface area (Å²) >= 11 is 0. The molecule has 0 spiro atoms. The molecule has 0 saturated heterocycles. The van der Waals surface area contributed by atoms with Crippen molar-refractivity contribution >= 4 is 9.84 Å². The Morgan fingerprint density at radius 1 is 1.42 bits per heavy atom. The molecule has 12 heavy (non-hydrogen) atoms. The molecule has 60 valence electrons. The SMILES string of the molecule is N#CS(=O)(=O)c1cccc2c1O2. The van der Waals surface area contributed by atoms with Crippen molar-refractivity contribution in [2.24, 2.45) is 0 Å². The van der Waals surface area contributed by atoms with Crippen LogP contribution in [0.2, 0.25) is 0 Å². The lowest BCUT2D eigenvalue weighted by molar-refractivity contribution is 0.599. The molecule has 0 fully saturated rings. The lowest BCUT2D eigenvalue weighted by Crippen LogP contribution is -1.93. The number of hydrogen-bond donors (Lipinski definition) is 0. The van der Waals surface area contributed by atoms with Crippen molar-refractivity contribution in [3.8, 4) is 16.9 Å². The Hall–Kier alpha value is -1.54. The largest absolute Gasteiger partial charge is 0.448 e. The molecule has 0 bridgehead atoms. The van der Waals surface area contributed by atoms with Crippen LogP contribution in [0.3, 0.4) is 0 Å². The second kappa shape index (κ2) is 1.99. The van der Waals surface area contributed by atoms with Gasteiger partial charge in [0.1, 0.15) is 4.90 Å². The van der Waals surface area contributed by atoms with E-state index in [1.54, 1.807) is 6.07 Å². The van der Waals surface area contributed by atoms with Crippen LogP contribution in [-0.2, 0) is 9.84 Å². The minimum Gasteiger partial charge on any atom is -0.448 e. The van der Waals surface area contributed by atoms with Crippen LogP contribution in [0.4, 0.5) is 0 Å². The second-order valence-corrected chi connectivity index (χ2v) is 3.91. The molecule has 5 heteroatoms. The van der Waals surface area contributed by atoms with Gasteiger partial charge in [0.05, 0.1) is 0 Å². The number of ether oxygens (including phenoxy) is 1. The van der Waals surface area contributed by atoms with Crippen molar-refractivity contribution in [1.29, 1.82) is 5.26 Å². The van der Waals surface area contributed by atoms with E-state index in [0.29, 0.717) is 11.5 Å². The van der Waals surface area contributed by atoms with Crippen LogP contribution in [0.5, 0.6) is 11.5 Å². The highest BCUT2D eigenvalue weighted by atomic mass is 32.2. The zero-order valence-corrected chi connectivity index (χ0v) is 6.63. The van der Waals surface area contributed by atoms with E-state index in [1.807, 2.05) is 0 Å². The average Bonchev–Trinajstić information content (AvgIpc) is 2.81. The minimum absolute atomic E-state index is 0.0394. The number of para-hydroxylation sites is 1. The summed E-state index contributed by atoms with van der Waals surface area (Å²) in [5.41, 5.74) is 0. The van der Waals surface area contributed by atoms with Crippen LogP contribution < -0.4 is 4.74 Å². The van der Waals surface area contributed by atoms with Crippen molar-refractivity contribution in [1.82, 2.24) is 0 Å². The zero-order chi connectivity index (χ0) is 8.77. The van der Waals surface area contributed by atoms with Gasteiger partial charge in [0, 0.05) is 0 Å². The monoisotopic (exact) mass is 181 g/mol. The third-order valence-electron chi connectivity index (χ3n) is 1.52. The summed E-state index contributed by atoms with van der Waals surface area (Å²) < 4.78 is 26.9. The molecule has 0 saturated carbocycles. The van der Waals surface area contributed by atoms with E-state index in [-0.39, 0.29) is 4.90 Å². The number of fused-ring (bicyclic) bond motifs is 1. The maximum absolute atomic E-state index is 11.0. The van der Waals surface area contributed by atoms with E-state index in [0.717, 1.165) is 0 Å². The molecule has 0 amide bonds. The van der Waals surface area contributed by atoms with Gasteiger partial charge in [-0.1, -0.05) is 6.07 Å². The van der Waals surface area contributed by atoms with Gasteiger partial charge in [-0.2, -0.15) is 5.26 Å². The maximum atomic E-state index is 11.0.